The lowest BCUT2D eigenvalue weighted by molar-refractivity contribution is -0.240. The van der Waals surface area contributed by atoms with E-state index in [1.807, 2.05) is 0 Å². The van der Waals surface area contributed by atoms with Gasteiger partial charge in [0.15, 0.2) is 18.3 Å². The van der Waals surface area contributed by atoms with Crippen molar-refractivity contribution < 1.29 is 52.5 Å². The van der Waals surface area contributed by atoms with E-state index in [9.17, 15) is 24.0 Å². The molecule has 0 bridgehead atoms. The minimum Gasteiger partial charge on any atom is -0.463 e. The molecule has 5 atom stereocenters. The molecule has 0 aliphatic carbocycles. The summed E-state index contributed by atoms with van der Waals surface area (Å²) < 4.78 is 26.2. The number of rotatable bonds is 7. The monoisotopic (exact) mass is 417 g/mol. The zero-order valence-corrected chi connectivity index (χ0v) is 16.6. The fourth-order valence-electron chi connectivity index (χ4n) is 2.55. The number of hydrogen-bond donors (Lipinski definition) is 0. The molecule has 1 aliphatic heterocycles. The van der Waals surface area contributed by atoms with Crippen LogP contribution < -0.4 is 0 Å². The topological polar surface area (TPSA) is 153 Å². The Morgan fingerprint density at radius 1 is 0.759 bits per heavy atom. The molecule has 0 aromatic heterocycles. The molecule has 1 aliphatic rings. The minimum atomic E-state index is -1.32. The van der Waals surface area contributed by atoms with Crippen LogP contribution in [0.1, 0.15) is 34.6 Å². The zero-order valence-electron chi connectivity index (χ0n) is 16.6. The predicted molar refractivity (Wildman–Crippen MR) is 92.2 cm³/mol. The Balaban J connectivity index is 3.31. The molecule has 29 heavy (non-hydrogen) atoms. The molecule has 0 amide bonds. The summed E-state index contributed by atoms with van der Waals surface area (Å²) in [5, 5.41) is 3.43. The maximum absolute atomic E-state index is 11.6. The van der Waals surface area contributed by atoms with Crippen LogP contribution in [0, 0.1) is 0 Å². The number of carbonyl (C=O) groups excluding carboxylic acids is 5. The molecule has 0 spiro atoms. The molecular weight excluding hydrogens is 394 g/mol. The highest BCUT2D eigenvalue weighted by Crippen LogP contribution is 2.28. The summed E-state index contributed by atoms with van der Waals surface area (Å²) >= 11 is 0. The minimum absolute atomic E-state index is 0.365. The highest BCUT2D eigenvalue weighted by molar-refractivity contribution is 5.72. The van der Waals surface area contributed by atoms with Gasteiger partial charge in [0.1, 0.15) is 18.8 Å². The molecule has 0 saturated carbocycles. The molecule has 1 saturated heterocycles. The second-order valence-corrected chi connectivity index (χ2v) is 6.00. The summed E-state index contributed by atoms with van der Waals surface area (Å²) in [6.07, 6.45) is -5.16. The van der Waals surface area contributed by atoms with Crippen LogP contribution in [0.5, 0.6) is 0 Å². The van der Waals surface area contributed by atoms with Crippen molar-refractivity contribution in [2.24, 2.45) is 5.16 Å². The van der Waals surface area contributed by atoms with Gasteiger partial charge in [-0.3, -0.25) is 19.2 Å². The molecule has 12 nitrogen and oxygen atoms in total. The Labute approximate surface area is 166 Å². The van der Waals surface area contributed by atoms with Gasteiger partial charge >= 0.3 is 29.8 Å². The molecule has 1 rings (SSSR count). The number of oxime groups is 1. The van der Waals surface area contributed by atoms with Crippen molar-refractivity contribution in [3.63, 3.8) is 0 Å². The van der Waals surface area contributed by atoms with Crippen LogP contribution in [0.15, 0.2) is 5.16 Å². The summed E-state index contributed by atoms with van der Waals surface area (Å²) in [5.41, 5.74) is 0. The molecule has 1 heterocycles. The average molecular weight is 417 g/mol. The third-order valence-electron chi connectivity index (χ3n) is 3.42. The van der Waals surface area contributed by atoms with Crippen LogP contribution in [0.2, 0.25) is 0 Å². The van der Waals surface area contributed by atoms with Crippen molar-refractivity contribution in [3.05, 3.63) is 0 Å². The van der Waals surface area contributed by atoms with Crippen LogP contribution in [-0.4, -0.2) is 73.2 Å². The standard InChI is InChI=1S/C17H23NO11/c1-8(19)24-7-14-16(26-10(3)21)17(27-11(4)22)15(25-9(2)20)13(28-14)6-18-29-12(5)23/h6,13-17H,7H2,1-5H3/b18-6-/t13-,14+,15+,16+,17+/m0/s1. The summed E-state index contributed by atoms with van der Waals surface area (Å²) in [4.78, 5) is 61.3. The van der Waals surface area contributed by atoms with Crippen LogP contribution in [0.25, 0.3) is 0 Å². The highest BCUT2D eigenvalue weighted by Gasteiger charge is 2.51. The first-order chi connectivity index (χ1) is 13.5. The van der Waals surface area contributed by atoms with E-state index in [0.717, 1.165) is 40.8 Å². The van der Waals surface area contributed by atoms with Gasteiger partial charge in [-0.2, -0.15) is 0 Å². The molecule has 0 aromatic carbocycles. The van der Waals surface area contributed by atoms with E-state index in [0.29, 0.717) is 0 Å². The molecule has 0 radical (unpaired) electrons. The van der Waals surface area contributed by atoms with E-state index >= 15 is 0 Å². The van der Waals surface area contributed by atoms with Crippen molar-refractivity contribution in [2.45, 2.75) is 65.1 Å². The van der Waals surface area contributed by atoms with Gasteiger partial charge in [-0.25, -0.2) is 4.79 Å². The molecule has 12 heteroatoms. The van der Waals surface area contributed by atoms with Gasteiger partial charge in [0.05, 0.1) is 6.21 Å². The lowest BCUT2D eigenvalue weighted by atomic mass is 9.94. The summed E-state index contributed by atoms with van der Waals surface area (Å²) in [6.45, 7) is 5.24. The van der Waals surface area contributed by atoms with Crippen LogP contribution in [0.4, 0.5) is 0 Å². The number of ether oxygens (including phenoxy) is 5. The second-order valence-electron chi connectivity index (χ2n) is 6.00. The van der Waals surface area contributed by atoms with Crippen molar-refractivity contribution in [2.75, 3.05) is 6.61 Å². The third-order valence-corrected chi connectivity index (χ3v) is 3.42. The summed E-state index contributed by atoms with van der Waals surface area (Å²) in [6, 6.07) is 0. The van der Waals surface area contributed by atoms with E-state index in [-0.39, 0.29) is 6.61 Å². The fraction of sp³-hybridized carbons (Fsp3) is 0.647. The zero-order chi connectivity index (χ0) is 22.1. The van der Waals surface area contributed by atoms with Crippen molar-refractivity contribution in [1.29, 1.82) is 0 Å². The Hall–Kier alpha value is -3.02. The van der Waals surface area contributed by atoms with Crippen LogP contribution in [0.3, 0.4) is 0 Å². The smallest absolute Gasteiger partial charge is 0.331 e. The fourth-order valence-corrected chi connectivity index (χ4v) is 2.55. The lowest BCUT2D eigenvalue weighted by Gasteiger charge is -2.43. The SMILES string of the molecule is CC(=O)OC[C@H]1O[C@@H](/C=N\OC(C)=O)[C@@H](OC(C)=O)[C@@H](OC(C)=O)[C@@H]1OC(C)=O. The summed E-state index contributed by atoms with van der Waals surface area (Å²) in [7, 11) is 0. The Morgan fingerprint density at radius 2 is 1.28 bits per heavy atom. The number of esters is 4. The van der Waals surface area contributed by atoms with Crippen LogP contribution in [-0.2, 0) is 52.5 Å². The van der Waals surface area contributed by atoms with Gasteiger partial charge in [0.2, 0.25) is 0 Å². The molecule has 0 aromatic rings. The average Bonchev–Trinajstić information content (AvgIpc) is 2.56. The van der Waals surface area contributed by atoms with Gasteiger partial charge in [-0.1, -0.05) is 5.16 Å². The Bertz CT molecular complexity index is 674. The normalized spacial score (nSPS) is 26.3. The number of nitrogens with zero attached hydrogens (tertiary/aromatic N) is 1. The van der Waals surface area contributed by atoms with Crippen molar-refractivity contribution >= 4 is 36.1 Å². The van der Waals surface area contributed by atoms with Crippen molar-refractivity contribution in [3.8, 4) is 0 Å². The molecule has 162 valence electrons. The largest absolute Gasteiger partial charge is 0.463 e. The molecule has 0 N–H and O–H groups in total. The first-order valence-corrected chi connectivity index (χ1v) is 8.52. The van der Waals surface area contributed by atoms with E-state index in [1.54, 1.807) is 0 Å². The lowest BCUT2D eigenvalue weighted by Crippen LogP contribution is -2.62. The molecular formula is C17H23NO11. The van der Waals surface area contributed by atoms with Gasteiger partial charge in [0, 0.05) is 34.6 Å². The first-order valence-electron chi connectivity index (χ1n) is 8.52. The van der Waals surface area contributed by atoms with E-state index in [1.165, 1.54) is 0 Å². The predicted octanol–water partition coefficient (Wildman–Crippen LogP) is -0.339. The summed E-state index contributed by atoms with van der Waals surface area (Å²) in [5.74, 6) is -3.59. The first kappa shape index (κ1) is 24.0. The van der Waals surface area contributed by atoms with Crippen molar-refractivity contribution in [1.82, 2.24) is 0 Å². The number of hydrogen-bond acceptors (Lipinski definition) is 12. The molecule has 1 fully saturated rings. The Morgan fingerprint density at radius 3 is 1.76 bits per heavy atom. The third kappa shape index (κ3) is 8.25. The second kappa shape index (κ2) is 11.1. The highest BCUT2D eigenvalue weighted by atomic mass is 16.7. The quantitative estimate of drug-likeness (QED) is 0.176. The Kier molecular flexibility index (Phi) is 9.19. The molecule has 0 unspecified atom stereocenters. The van der Waals surface area contributed by atoms with Gasteiger partial charge in [-0.15, -0.1) is 0 Å². The van der Waals surface area contributed by atoms with Gasteiger partial charge in [-0.05, 0) is 0 Å². The van der Waals surface area contributed by atoms with Gasteiger partial charge in [0.25, 0.3) is 0 Å². The van der Waals surface area contributed by atoms with E-state index < -0.39 is 60.4 Å². The van der Waals surface area contributed by atoms with E-state index in [4.69, 9.17) is 23.7 Å². The maximum atomic E-state index is 11.6. The van der Waals surface area contributed by atoms with E-state index in [2.05, 4.69) is 9.99 Å². The maximum Gasteiger partial charge on any atom is 0.331 e. The van der Waals surface area contributed by atoms with Crippen LogP contribution >= 0.6 is 0 Å². The van der Waals surface area contributed by atoms with Gasteiger partial charge < -0.3 is 28.5 Å². The number of carbonyl (C=O) groups is 5.